The number of nitrogens with one attached hydrogen (secondary N) is 1. The molecule has 1 aromatic rings. The van der Waals surface area contributed by atoms with E-state index in [1.54, 1.807) is 24.3 Å². The summed E-state index contributed by atoms with van der Waals surface area (Å²) in [6, 6.07) is 6.92. The lowest BCUT2D eigenvalue weighted by Crippen LogP contribution is -2.48. The molecule has 0 radical (unpaired) electrons. The SMILES string of the molecule is Nc1ccccc1OCCS(=O)(=O)NCC1(O)CCC1. The molecule has 1 aliphatic carbocycles. The van der Waals surface area contributed by atoms with Gasteiger partial charge in [0, 0.05) is 6.54 Å². The third kappa shape index (κ3) is 4.09. The van der Waals surface area contributed by atoms with Gasteiger partial charge in [0.15, 0.2) is 0 Å². The van der Waals surface area contributed by atoms with Gasteiger partial charge in [0.25, 0.3) is 0 Å². The lowest BCUT2D eigenvalue weighted by molar-refractivity contribution is -0.0271. The van der Waals surface area contributed by atoms with Gasteiger partial charge in [0.05, 0.1) is 17.0 Å². The maximum absolute atomic E-state index is 11.8. The highest BCUT2D eigenvalue weighted by Gasteiger charge is 2.35. The summed E-state index contributed by atoms with van der Waals surface area (Å²) in [6.45, 7) is 0.0881. The van der Waals surface area contributed by atoms with Crippen LogP contribution in [0, 0.1) is 0 Å². The Labute approximate surface area is 119 Å². The Morgan fingerprint density at radius 2 is 2.05 bits per heavy atom. The lowest BCUT2D eigenvalue weighted by atomic mass is 9.81. The highest BCUT2D eigenvalue weighted by atomic mass is 32.2. The number of para-hydroxylation sites is 2. The van der Waals surface area contributed by atoms with E-state index in [-0.39, 0.29) is 18.9 Å². The van der Waals surface area contributed by atoms with Crippen molar-refractivity contribution in [1.29, 1.82) is 0 Å². The van der Waals surface area contributed by atoms with E-state index < -0.39 is 15.6 Å². The van der Waals surface area contributed by atoms with Gasteiger partial charge in [-0.15, -0.1) is 0 Å². The standard InChI is InChI=1S/C13H20N2O4S/c14-11-4-1-2-5-12(11)19-8-9-20(17,18)15-10-13(16)6-3-7-13/h1-2,4-5,15-16H,3,6-10,14H2. The summed E-state index contributed by atoms with van der Waals surface area (Å²) in [5.74, 6) is 0.303. The Hall–Kier alpha value is -1.31. The van der Waals surface area contributed by atoms with Crippen molar-refractivity contribution in [2.45, 2.75) is 24.9 Å². The van der Waals surface area contributed by atoms with Gasteiger partial charge in [0.2, 0.25) is 10.0 Å². The topological polar surface area (TPSA) is 102 Å². The first-order valence-corrected chi connectivity index (χ1v) is 8.23. The Balaban J connectivity index is 1.76. The lowest BCUT2D eigenvalue weighted by Gasteiger charge is -2.36. The Bertz CT molecular complexity index is 555. The summed E-state index contributed by atoms with van der Waals surface area (Å²) in [4.78, 5) is 0. The van der Waals surface area contributed by atoms with Crippen LogP contribution in [0.2, 0.25) is 0 Å². The number of sulfonamides is 1. The molecule has 2 rings (SSSR count). The first kappa shape index (κ1) is 15.1. The molecule has 0 heterocycles. The molecule has 20 heavy (non-hydrogen) atoms. The minimum absolute atomic E-state index is 0.0158. The quantitative estimate of drug-likeness (QED) is 0.636. The molecular weight excluding hydrogens is 280 g/mol. The van der Waals surface area contributed by atoms with Crippen LogP contribution in [0.15, 0.2) is 24.3 Å². The first-order chi connectivity index (χ1) is 9.40. The number of anilines is 1. The smallest absolute Gasteiger partial charge is 0.215 e. The maximum atomic E-state index is 11.8. The second-order valence-electron chi connectivity index (χ2n) is 5.10. The zero-order valence-electron chi connectivity index (χ0n) is 11.2. The van der Waals surface area contributed by atoms with E-state index >= 15 is 0 Å². The molecule has 1 aromatic carbocycles. The largest absolute Gasteiger partial charge is 0.490 e. The maximum Gasteiger partial charge on any atom is 0.215 e. The van der Waals surface area contributed by atoms with Crippen LogP contribution in [0.1, 0.15) is 19.3 Å². The van der Waals surface area contributed by atoms with E-state index in [2.05, 4.69) is 4.72 Å². The van der Waals surface area contributed by atoms with Crippen molar-refractivity contribution in [3.05, 3.63) is 24.3 Å². The average Bonchev–Trinajstić information content (AvgIpc) is 2.36. The van der Waals surface area contributed by atoms with Crippen molar-refractivity contribution in [2.24, 2.45) is 0 Å². The number of aliphatic hydroxyl groups is 1. The van der Waals surface area contributed by atoms with Crippen LogP contribution in [0.3, 0.4) is 0 Å². The number of nitrogen functional groups attached to an aromatic ring is 1. The van der Waals surface area contributed by atoms with Crippen molar-refractivity contribution in [2.75, 3.05) is 24.6 Å². The molecule has 0 amide bonds. The molecule has 0 unspecified atom stereocenters. The van der Waals surface area contributed by atoms with Gasteiger partial charge in [-0.25, -0.2) is 13.1 Å². The number of benzene rings is 1. The fraction of sp³-hybridized carbons (Fsp3) is 0.538. The van der Waals surface area contributed by atoms with Crippen LogP contribution in [0.25, 0.3) is 0 Å². The molecule has 0 saturated heterocycles. The van der Waals surface area contributed by atoms with Gasteiger partial charge in [-0.1, -0.05) is 12.1 Å². The average molecular weight is 300 g/mol. The molecule has 1 saturated carbocycles. The van der Waals surface area contributed by atoms with Crippen LogP contribution in [0.4, 0.5) is 5.69 Å². The van der Waals surface area contributed by atoms with Crippen molar-refractivity contribution < 1.29 is 18.3 Å². The molecule has 0 bridgehead atoms. The summed E-state index contributed by atoms with van der Waals surface area (Å²) >= 11 is 0. The molecule has 0 aromatic heterocycles. The van der Waals surface area contributed by atoms with Crippen LogP contribution in [0.5, 0.6) is 5.75 Å². The number of hydrogen-bond acceptors (Lipinski definition) is 5. The zero-order chi connectivity index (χ0) is 14.6. The van der Waals surface area contributed by atoms with Gasteiger partial charge in [-0.2, -0.15) is 0 Å². The van der Waals surface area contributed by atoms with Gasteiger partial charge in [-0.3, -0.25) is 0 Å². The van der Waals surface area contributed by atoms with Gasteiger partial charge >= 0.3 is 0 Å². The Kier molecular flexibility index (Phi) is 4.52. The van der Waals surface area contributed by atoms with Gasteiger partial charge in [0.1, 0.15) is 12.4 Å². The molecular formula is C13H20N2O4S. The fourth-order valence-electron chi connectivity index (χ4n) is 1.95. The van der Waals surface area contributed by atoms with Crippen LogP contribution < -0.4 is 15.2 Å². The minimum atomic E-state index is -3.45. The molecule has 4 N–H and O–H groups in total. The number of nitrogens with two attached hydrogens (primary N) is 1. The van der Waals surface area contributed by atoms with Crippen LogP contribution in [-0.2, 0) is 10.0 Å². The number of hydrogen-bond donors (Lipinski definition) is 3. The van der Waals surface area contributed by atoms with E-state index in [0.29, 0.717) is 24.3 Å². The van der Waals surface area contributed by atoms with Crippen molar-refractivity contribution in [3.63, 3.8) is 0 Å². The first-order valence-electron chi connectivity index (χ1n) is 6.57. The molecule has 6 nitrogen and oxygen atoms in total. The Morgan fingerprint density at radius 1 is 1.35 bits per heavy atom. The normalized spacial score (nSPS) is 17.4. The van der Waals surface area contributed by atoms with Crippen molar-refractivity contribution in [1.82, 2.24) is 4.72 Å². The molecule has 0 spiro atoms. The van der Waals surface area contributed by atoms with E-state index in [1.807, 2.05) is 0 Å². The zero-order valence-corrected chi connectivity index (χ0v) is 12.0. The molecule has 112 valence electrons. The summed E-state index contributed by atoms with van der Waals surface area (Å²) in [5.41, 5.74) is 5.30. The predicted molar refractivity (Wildman–Crippen MR) is 76.9 cm³/mol. The van der Waals surface area contributed by atoms with E-state index in [4.69, 9.17) is 10.5 Å². The van der Waals surface area contributed by atoms with E-state index in [0.717, 1.165) is 6.42 Å². The summed E-state index contributed by atoms with van der Waals surface area (Å²) in [5, 5.41) is 9.84. The van der Waals surface area contributed by atoms with E-state index in [9.17, 15) is 13.5 Å². The molecule has 0 aliphatic heterocycles. The second-order valence-corrected chi connectivity index (χ2v) is 7.03. The van der Waals surface area contributed by atoms with Gasteiger partial charge in [-0.05, 0) is 31.4 Å². The minimum Gasteiger partial charge on any atom is -0.490 e. The number of ether oxygens (including phenoxy) is 1. The van der Waals surface area contributed by atoms with Crippen molar-refractivity contribution in [3.8, 4) is 5.75 Å². The molecule has 1 fully saturated rings. The van der Waals surface area contributed by atoms with E-state index in [1.165, 1.54) is 0 Å². The molecule has 1 aliphatic rings. The predicted octanol–water partition coefficient (Wildman–Crippen LogP) is 0.482. The molecule has 7 heteroatoms. The summed E-state index contributed by atoms with van der Waals surface area (Å²) in [7, 11) is -3.45. The third-order valence-corrected chi connectivity index (χ3v) is 4.72. The fourth-order valence-corrected chi connectivity index (χ4v) is 2.89. The second kappa shape index (κ2) is 5.99. The van der Waals surface area contributed by atoms with Crippen LogP contribution in [-0.4, -0.2) is 38.0 Å². The highest BCUT2D eigenvalue weighted by molar-refractivity contribution is 7.89. The highest BCUT2D eigenvalue weighted by Crippen LogP contribution is 2.30. The molecule has 0 atom stereocenters. The summed E-state index contributed by atoms with van der Waals surface area (Å²) < 4.78 is 31.3. The van der Waals surface area contributed by atoms with Gasteiger partial charge < -0.3 is 15.6 Å². The van der Waals surface area contributed by atoms with Crippen LogP contribution >= 0.6 is 0 Å². The Morgan fingerprint density at radius 3 is 2.65 bits per heavy atom. The third-order valence-electron chi connectivity index (χ3n) is 3.43. The monoisotopic (exact) mass is 300 g/mol. The summed E-state index contributed by atoms with van der Waals surface area (Å²) in [6.07, 6.45) is 2.23. The van der Waals surface area contributed by atoms with Crippen molar-refractivity contribution >= 4 is 15.7 Å². The number of rotatable bonds is 7.